The Morgan fingerprint density at radius 2 is 1.78 bits per heavy atom. The molecule has 2 N–H and O–H groups in total. The van der Waals surface area contributed by atoms with Crippen molar-refractivity contribution in [3.05, 3.63) is 94.9 Å². The first-order chi connectivity index (χ1) is 20.0. The molecule has 212 valence electrons. The van der Waals surface area contributed by atoms with E-state index in [1.807, 2.05) is 37.3 Å². The molecule has 3 aromatic carbocycles. The van der Waals surface area contributed by atoms with E-state index < -0.39 is 11.9 Å². The van der Waals surface area contributed by atoms with E-state index in [9.17, 15) is 10.1 Å². The number of hydrogen-bond acceptors (Lipinski definition) is 8. The van der Waals surface area contributed by atoms with Crippen LogP contribution in [0.3, 0.4) is 0 Å². The minimum Gasteiger partial charge on any atom is -0.497 e. The molecule has 0 fully saturated rings. The molecule has 0 saturated carbocycles. The molecule has 8 nitrogen and oxygen atoms in total. The zero-order chi connectivity index (χ0) is 29.2. The van der Waals surface area contributed by atoms with Gasteiger partial charge in [-0.15, -0.1) is 0 Å². The predicted octanol–water partition coefficient (Wildman–Crippen LogP) is 6.50. The average molecular weight is 555 g/mol. The highest BCUT2D eigenvalue weighted by Crippen LogP contribution is 2.45. The van der Waals surface area contributed by atoms with Crippen LogP contribution in [0.4, 0.5) is 0 Å². The summed E-state index contributed by atoms with van der Waals surface area (Å²) >= 11 is 0. The number of hydrogen-bond donors (Lipinski definition) is 1. The van der Waals surface area contributed by atoms with Gasteiger partial charge in [0.05, 0.1) is 26.2 Å². The molecule has 1 atom stereocenters. The lowest BCUT2D eigenvalue weighted by molar-refractivity contribution is -0.128. The lowest BCUT2D eigenvalue weighted by Gasteiger charge is -2.27. The Bertz CT molecular complexity index is 1470. The Hall–Kier alpha value is -4.90. The summed E-state index contributed by atoms with van der Waals surface area (Å²) in [4.78, 5) is 12.5. The standard InChI is InChI=1S/C33H34N2O6/c1-4-6-7-18-39-28-16-11-23(19-30(28)38-5-2)32-26-15-14-25(20-29(26)41-33(35)27(32)21-34)40-31(36)17-10-22-8-12-24(37-3)13-9-22/h8-17,19-20,32H,4-7,18,35H2,1-3H3/b17-10+. The molecule has 1 unspecified atom stereocenters. The molecule has 41 heavy (non-hydrogen) atoms. The van der Waals surface area contributed by atoms with E-state index in [1.165, 1.54) is 6.08 Å². The molecule has 4 rings (SSSR count). The lowest BCUT2D eigenvalue weighted by atomic mass is 9.83. The Morgan fingerprint density at radius 1 is 1.00 bits per heavy atom. The molecule has 0 aromatic heterocycles. The van der Waals surface area contributed by atoms with Gasteiger partial charge in [0.15, 0.2) is 11.5 Å². The van der Waals surface area contributed by atoms with Crippen LogP contribution in [0.2, 0.25) is 0 Å². The number of carbonyl (C=O) groups excluding carboxylic acids is 1. The SMILES string of the molecule is CCCCCOc1ccc(C2C(C#N)=C(N)Oc3cc(OC(=O)/C=C/c4ccc(OC)cc4)ccc32)cc1OCC. The molecule has 0 aliphatic carbocycles. The second-order valence-corrected chi connectivity index (χ2v) is 9.35. The van der Waals surface area contributed by atoms with Gasteiger partial charge in [-0.25, -0.2) is 4.79 Å². The molecule has 1 heterocycles. The maximum absolute atomic E-state index is 12.5. The van der Waals surface area contributed by atoms with Crippen LogP contribution >= 0.6 is 0 Å². The van der Waals surface area contributed by atoms with Crippen molar-refractivity contribution in [3.8, 4) is 34.8 Å². The van der Waals surface area contributed by atoms with Crippen molar-refractivity contribution >= 4 is 12.0 Å². The first-order valence-electron chi connectivity index (χ1n) is 13.6. The van der Waals surface area contributed by atoms with Crippen LogP contribution in [0, 0.1) is 11.3 Å². The third-order valence-electron chi connectivity index (χ3n) is 6.54. The zero-order valence-corrected chi connectivity index (χ0v) is 23.5. The van der Waals surface area contributed by atoms with Gasteiger partial charge < -0.3 is 29.4 Å². The van der Waals surface area contributed by atoms with Crippen LogP contribution in [-0.4, -0.2) is 26.3 Å². The summed E-state index contributed by atoms with van der Waals surface area (Å²) in [6.07, 6.45) is 6.15. The molecule has 0 spiro atoms. The Kier molecular flexibility index (Phi) is 9.89. The molecule has 0 radical (unpaired) electrons. The van der Waals surface area contributed by atoms with Gasteiger partial charge in [0.25, 0.3) is 0 Å². The molecule has 0 saturated heterocycles. The van der Waals surface area contributed by atoms with Crippen molar-refractivity contribution < 1.29 is 28.5 Å². The Morgan fingerprint density at radius 3 is 2.49 bits per heavy atom. The fourth-order valence-electron chi connectivity index (χ4n) is 4.50. The summed E-state index contributed by atoms with van der Waals surface area (Å²) in [6, 6.07) is 20.1. The monoisotopic (exact) mass is 554 g/mol. The van der Waals surface area contributed by atoms with Crippen molar-refractivity contribution in [2.75, 3.05) is 20.3 Å². The Labute approximate surface area is 240 Å². The maximum atomic E-state index is 12.5. The highest BCUT2D eigenvalue weighted by atomic mass is 16.5. The number of fused-ring (bicyclic) bond motifs is 1. The first-order valence-corrected chi connectivity index (χ1v) is 13.6. The van der Waals surface area contributed by atoms with Gasteiger partial charge in [-0.2, -0.15) is 5.26 Å². The number of benzene rings is 3. The van der Waals surface area contributed by atoms with Crippen molar-refractivity contribution in [1.82, 2.24) is 0 Å². The van der Waals surface area contributed by atoms with E-state index in [2.05, 4.69) is 13.0 Å². The molecule has 0 amide bonds. The van der Waals surface area contributed by atoms with E-state index >= 15 is 0 Å². The fraction of sp³-hybridized carbons (Fsp3) is 0.273. The molecule has 1 aliphatic heterocycles. The van der Waals surface area contributed by atoms with Crippen LogP contribution in [0.15, 0.2) is 78.2 Å². The van der Waals surface area contributed by atoms with E-state index in [1.54, 1.807) is 43.5 Å². The number of unbranched alkanes of at least 4 members (excludes halogenated alkanes) is 2. The molecular formula is C33H34N2O6. The zero-order valence-electron chi connectivity index (χ0n) is 23.5. The number of nitrogens with zero attached hydrogens (tertiary/aromatic N) is 1. The molecule has 3 aromatic rings. The van der Waals surface area contributed by atoms with Crippen LogP contribution in [-0.2, 0) is 4.79 Å². The van der Waals surface area contributed by atoms with Gasteiger partial charge in [-0.1, -0.05) is 44.0 Å². The third kappa shape index (κ3) is 7.20. The predicted molar refractivity (Wildman–Crippen MR) is 156 cm³/mol. The van der Waals surface area contributed by atoms with Crippen LogP contribution in [0.1, 0.15) is 55.7 Å². The van der Waals surface area contributed by atoms with E-state index in [4.69, 9.17) is 29.4 Å². The Balaban J connectivity index is 1.57. The van der Waals surface area contributed by atoms with E-state index in [0.29, 0.717) is 36.0 Å². The number of esters is 1. The summed E-state index contributed by atoms with van der Waals surface area (Å²) < 4.78 is 28.3. The topological polar surface area (TPSA) is 113 Å². The number of carbonyl (C=O) groups is 1. The highest BCUT2D eigenvalue weighted by Gasteiger charge is 2.31. The number of nitriles is 1. The van der Waals surface area contributed by atoms with Gasteiger partial charge in [0.1, 0.15) is 28.9 Å². The number of rotatable bonds is 12. The summed E-state index contributed by atoms with van der Waals surface area (Å²) in [5.41, 5.74) is 8.80. The molecule has 8 heteroatoms. The fourth-order valence-corrected chi connectivity index (χ4v) is 4.50. The second kappa shape index (κ2) is 13.9. The van der Waals surface area contributed by atoms with Crippen molar-refractivity contribution in [1.29, 1.82) is 5.26 Å². The molecule has 1 aliphatic rings. The van der Waals surface area contributed by atoms with Crippen LogP contribution in [0.25, 0.3) is 6.08 Å². The minimum absolute atomic E-state index is 0.00858. The summed E-state index contributed by atoms with van der Waals surface area (Å²) in [5.74, 6) is 1.59. The number of methoxy groups -OCH3 is 1. The largest absolute Gasteiger partial charge is 0.497 e. The normalized spacial score (nSPS) is 14.1. The lowest BCUT2D eigenvalue weighted by Crippen LogP contribution is -2.21. The van der Waals surface area contributed by atoms with Crippen molar-refractivity contribution in [3.63, 3.8) is 0 Å². The number of nitrogens with two attached hydrogens (primary N) is 1. The van der Waals surface area contributed by atoms with Gasteiger partial charge in [-0.05, 0) is 60.9 Å². The van der Waals surface area contributed by atoms with Crippen LogP contribution in [0.5, 0.6) is 28.7 Å². The first kappa shape index (κ1) is 29.1. The quantitative estimate of drug-likeness (QED) is 0.117. The van der Waals surface area contributed by atoms with Crippen molar-refractivity contribution in [2.24, 2.45) is 5.73 Å². The average Bonchev–Trinajstić information content (AvgIpc) is 2.98. The summed E-state index contributed by atoms with van der Waals surface area (Å²) in [5, 5.41) is 9.96. The van der Waals surface area contributed by atoms with Gasteiger partial charge in [0, 0.05) is 17.7 Å². The molecular weight excluding hydrogens is 520 g/mol. The highest BCUT2D eigenvalue weighted by molar-refractivity contribution is 5.88. The van der Waals surface area contributed by atoms with Crippen LogP contribution < -0.4 is 29.4 Å². The van der Waals surface area contributed by atoms with Gasteiger partial charge in [0.2, 0.25) is 5.88 Å². The van der Waals surface area contributed by atoms with E-state index in [-0.39, 0.29) is 17.2 Å². The number of ether oxygens (including phenoxy) is 5. The maximum Gasteiger partial charge on any atom is 0.336 e. The smallest absolute Gasteiger partial charge is 0.336 e. The summed E-state index contributed by atoms with van der Waals surface area (Å²) in [6.45, 7) is 5.11. The molecule has 0 bridgehead atoms. The van der Waals surface area contributed by atoms with Crippen molar-refractivity contribution in [2.45, 2.75) is 39.0 Å². The minimum atomic E-state index is -0.551. The van der Waals surface area contributed by atoms with E-state index in [0.717, 1.165) is 36.1 Å². The summed E-state index contributed by atoms with van der Waals surface area (Å²) in [7, 11) is 1.59. The third-order valence-corrected chi connectivity index (χ3v) is 6.54. The van der Waals surface area contributed by atoms with Gasteiger partial charge >= 0.3 is 5.97 Å². The second-order valence-electron chi connectivity index (χ2n) is 9.35. The van der Waals surface area contributed by atoms with Gasteiger partial charge in [-0.3, -0.25) is 0 Å². The number of allylic oxidation sites excluding steroid dienone is 1.